The van der Waals surface area contributed by atoms with Gasteiger partial charge < -0.3 is 4.57 Å². The van der Waals surface area contributed by atoms with Crippen molar-refractivity contribution in [3.63, 3.8) is 0 Å². The van der Waals surface area contributed by atoms with Crippen molar-refractivity contribution < 1.29 is 4.79 Å². The van der Waals surface area contributed by atoms with E-state index in [1.165, 1.54) is 0 Å². The lowest BCUT2D eigenvalue weighted by molar-refractivity contribution is -0.120. The molecule has 0 spiro atoms. The van der Waals surface area contributed by atoms with Crippen molar-refractivity contribution in [3.05, 3.63) is 48.2 Å². The second-order valence-corrected chi connectivity index (χ2v) is 8.61. The second-order valence-electron chi connectivity index (χ2n) is 8.61. The number of ketones is 1. The molecule has 1 aliphatic heterocycles. The molecule has 0 radical (unpaired) electrons. The van der Waals surface area contributed by atoms with E-state index >= 15 is 0 Å². The quantitative estimate of drug-likeness (QED) is 0.631. The number of hydrogen-bond acceptors (Lipinski definition) is 5. The zero-order valence-corrected chi connectivity index (χ0v) is 18.4. The van der Waals surface area contributed by atoms with Gasteiger partial charge >= 0.3 is 0 Å². The minimum Gasteiger partial charge on any atom is -0.331 e. The maximum atomic E-state index is 12.7. The Hall–Kier alpha value is -2.57. The summed E-state index contributed by atoms with van der Waals surface area (Å²) in [5.41, 5.74) is 3.05. The third-order valence-electron chi connectivity index (χ3n) is 6.21. The molecule has 3 heterocycles. The molecule has 158 valence electrons. The molecule has 0 bridgehead atoms. The van der Waals surface area contributed by atoms with E-state index in [4.69, 9.17) is 0 Å². The Kier molecular flexibility index (Phi) is 5.97. The third kappa shape index (κ3) is 4.45. The molecule has 0 aliphatic carbocycles. The number of Topliss-reactive ketones (excluding diaryl/α,β-unsaturated/α-hetero) is 1. The number of hydrogen-bond donors (Lipinski definition) is 0. The highest BCUT2D eigenvalue weighted by atomic mass is 16.1. The maximum Gasteiger partial charge on any atom is 0.152 e. The Balaban J connectivity index is 1.44. The molecule has 1 fully saturated rings. The van der Waals surface area contributed by atoms with Crippen molar-refractivity contribution in [2.75, 3.05) is 32.7 Å². The zero-order valence-electron chi connectivity index (χ0n) is 18.4. The van der Waals surface area contributed by atoms with Crippen LogP contribution in [-0.2, 0) is 18.3 Å². The minimum absolute atomic E-state index is 0.235. The van der Waals surface area contributed by atoms with E-state index in [0.29, 0.717) is 19.0 Å². The van der Waals surface area contributed by atoms with Gasteiger partial charge in [0.2, 0.25) is 0 Å². The van der Waals surface area contributed by atoms with Gasteiger partial charge in [-0.15, -0.1) is 0 Å². The maximum absolute atomic E-state index is 12.7. The van der Waals surface area contributed by atoms with Gasteiger partial charge in [0.05, 0.1) is 24.9 Å². The topological polar surface area (TPSA) is 54.3 Å². The molecule has 6 nitrogen and oxygen atoms in total. The molecule has 1 aliphatic rings. The molecule has 0 N–H and O–H groups in total. The molecule has 0 atom stereocenters. The van der Waals surface area contributed by atoms with Crippen LogP contribution < -0.4 is 0 Å². The summed E-state index contributed by atoms with van der Waals surface area (Å²) in [6.07, 6.45) is 4.16. The lowest BCUT2D eigenvalue weighted by atomic mass is 10.0. The highest BCUT2D eigenvalue weighted by Crippen LogP contribution is 2.25. The van der Waals surface area contributed by atoms with Crippen LogP contribution in [0.1, 0.15) is 25.4 Å². The molecule has 2 aromatic heterocycles. The van der Waals surface area contributed by atoms with Crippen LogP contribution in [0.2, 0.25) is 0 Å². The Morgan fingerprint density at radius 1 is 1.03 bits per heavy atom. The lowest BCUT2D eigenvalue weighted by Crippen LogP contribution is -2.50. The number of nitrogens with zero attached hydrogens (tertiary/aromatic N) is 5. The highest BCUT2D eigenvalue weighted by Gasteiger charge is 2.20. The first-order valence-corrected chi connectivity index (χ1v) is 10.8. The summed E-state index contributed by atoms with van der Waals surface area (Å²) in [5.74, 6) is 1.22. The van der Waals surface area contributed by atoms with Gasteiger partial charge in [0, 0.05) is 62.1 Å². The fourth-order valence-electron chi connectivity index (χ4n) is 4.16. The van der Waals surface area contributed by atoms with E-state index in [1.807, 2.05) is 26.4 Å². The SMILES string of the molecule is Cc1ncc(-c2ccc3cnc(CC(=O)CN4CCN(C(C)C)CC4)cc3c2)n1C. The van der Waals surface area contributed by atoms with E-state index < -0.39 is 0 Å². The zero-order chi connectivity index (χ0) is 21.3. The minimum atomic E-state index is 0.235. The molecular formula is C24H31N5O. The molecule has 0 amide bonds. The average molecular weight is 406 g/mol. The summed E-state index contributed by atoms with van der Waals surface area (Å²) < 4.78 is 2.09. The van der Waals surface area contributed by atoms with E-state index in [9.17, 15) is 4.79 Å². The number of imidazole rings is 1. The Morgan fingerprint density at radius 3 is 2.47 bits per heavy atom. The number of carbonyl (C=O) groups excluding carboxylic acids is 1. The summed E-state index contributed by atoms with van der Waals surface area (Å²) >= 11 is 0. The largest absolute Gasteiger partial charge is 0.331 e. The summed E-state index contributed by atoms with van der Waals surface area (Å²) in [6.45, 7) is 11.0. The van der Waals surface area contributed by atoms with Crippen LogP contribution in [0.15, 0.2) is 36.7 Å². The lowest BCUT2D eigenvalue weighted by Gasteiger charge is -2.36. The molecule has 1 aromatic carbocycles. The monoisotopic (exact) mass is 405 g/mol. The Bertz CT molecular complexity index is 1050. The van der Waals surface area contributed by atoms with Crippen molar-refractivity contribution in [2.45, 2.75) is 33.2 Å². The number of benzene rings is 1. The molecule has 3 aromatic rings. The standard InChI is InChI=1S/C24H31N5O/c1-17(2)29-9-7-28(8-10-29)16-23(30)13-22-12-21-11-19(5-6-20(21)14-26-22)24-15-25-18(3)27(24)4/h5-6,11-12,14-15,17H,7-10,13,16H2,1-4H3. The van der Waals surface area contributed by atoms with Crippen molar-refractivity contribution in [1.82, 2.24) is 24.3 Å². The summed E-state index contributed by atoms with van der Waals surface area (Å²) in [5, 5.41) is 2.19. The predicted molar refractivity (Wildman–Crippen MR) is 121 cm³/mol. The highest BCUT2D eigenvalue weighted by molar-refractivity contribution is 5.88. The summed E-state index contributed by atoms with van der Waals surface area (Å²) in [4.78, 5) is 26.3. The van der Waals surface area contributed by atoms with Crippen LogP contribution in [0.3, 0.4) is 0 Å². The summed E-state index contributed by atoms with van der Waals surface area (Å²) in [6, 6.07) is 8.97. The van der Waals surface area contributed by atoms with Crippen molar-refractivity contribution in [1.29, 1.82) is 0 Å². The first kappa shape index (κ1) is 20.7. The Labute approximate surface area is 178 Å². The van der Waals surface area contributed by atoms with Gasteiger partial charge in [0.1, 0.15) is 5.82 Å². The molecule has 1 saturated heterocycles. The van der Waals surface area contributed by atoms with E-state index in [0.717, 1.165) is 59.7 Å². The van der Waals surface area contributed by atoms with Crippen LogP contribution >= 0.6 is 0 Å². The number of aryl methyl sites for hydroxylation is 1. The van der Waals surface area contributed by atoms with E-state index in [-0.39, 0.29) is 5.78 Å². The number of fused-ring (bicyclic) bond motifs is 1. The number of piperazine rings is 1. The van der Waals surface area contributed by atoms with Crippen molar-refractivity contribution in [2.24, 2.45) is 7.05 Å². The Morgan fingerprint density at radius 2 is 1.80 bits per heavy atom. The van der Waals surface area contributed by atoms with E-state index in [2.05, 4.69) is 62.4 Å². The van der Waals surface area contributed by atoms with Gasteiger partial charge in [-0.25, -0.2) is 4.98 Å². The number of pyridine rings is 1. The van der Waals surface area contributed by atoms with Crippen LogP contribution in [0.5, 0.6) is 0 Å². The number of aromatic nitrogens is 3. The first-order chi connectivity index (χ1) is 14.4. The van der Waals surface area contributed by atoms with E-state index in [1.54, 1.807) is 0 Å². The van der Waals surface area contributed by atoms with Crippen LogP contribution in [0.4, 0.5) is 0 Å². The molecular weight excluding hydrogens is 374 g/mol. The summed E-state index contributed by atoms with van der Waals surface area (Å²) in [7, 11) is 2.03. The molecule has 6 heteroatoms. The van der Waals surface area contributed by atoms with Crippen LogP contribution in [0, 0.1) is 6.92 Å². The molecule has 4 rings (SSSR count). The van der Waals surface area contributed by atoms with Crippen LogP contribution in [-0.4, -0.2) is 68.9 Å². The van der Waals surface area contributed by atoms with Gasteiger partial charge in [-0.3, -0.25) is 19.6 Å². The number of rotatable bonds is 6. The van der Waals surface area contributed by atoms with Gasteiger partial charge in [-0.2, -0.15) is 0 Å². The number of carbonyl (C=O) groups is 1. The van der Waals surface area contributed by atoms with Crippen LogP contribution in [0.25, 0.3) is 22.0 Å². The van der Waals surface area contributed by atoms with Crippen molar-refractivity contribution >= 4 is 16.6 Å². The van der Waals surface area contributed by atoms with Gasteiger partial charge in [-0.05, 0) is 38.3 Å². The van der Waals surface area contributed by atoms with Gasteiger partial charge in [0.25, 0.3) is 0 Å². The second kappa shape index (κ2) is 8.66. The van der Waals surface area contributed by atoms with Crippen molar-refractivity contribution in [3.8, 4) is 11.3 Å². The normalized spacial score (nSPS) is 15.9. The first-order valence-electron chi connectivity index (χ1n) is 10.8. The third-order valence-corrected chi connectivity index (χ3v) is 6.21. The smallest absolute Gasteiger partial charge is 0.152 e. The fourth-order valence-corrected chi connectivity index (χ4v) is 4.16. The molecule has 30 heavy (non-hydrogen) atoms. The van der Waals surface area contributed by atoms with Gasteiger partial charge in [0.15, 0.2) is 5.78 Å². The molecule has 0 saturated carbocycles. The van der Waals surface area contributed by atoms with Gasteiger partial charge in [-0.1, -0.05) is 12.1 Å². The predicted octanol–water partition coefficient (Wildman–Crippen LogP) is 3.08. The average Bonchev–Trinajstić information content (AvgIpc) is 3.06. The molecule has 0 unspecified atom stereocenters. The fraction of sp³-hybridized carbons (Fsp3) is 0.458.